The van der Waals surface area contributed by atoms with Crippen LogP contribution in [0.1, 0.15) is 13.8 Å². The van der Waals surface area contributed by atoms with E-state index in [4.69, 9.17) is 14.2 Å². The number of anilines is 1. The van der Waals surface area contributed by atoms with Gasteiger partial charge in [0.2, 0.25) is 0 Å². The van der Waals surface area contributed by atoms with Crippen LogP contribution in [0.3, 0.4) is 0 Å². The number of rotatable bonds is 8. The fourth-order valence-electron chi connectivity index (χ4n) is 3.86. The van der Waals surface area contributed by atoms with Gasteiger partial charge in [0.15, 0.2) is 11.9 Å². The summed E-state index contributed by atoms with van der Waals surface area (Å²) in [6.07, 6.45) is -0.562. The monoisotopic (exact) mass is 462 g/mol. The summed E-state index contributed by atoms with van der Waals surface area (Å²) < 4.78 is 16.5. The molecule has 2 aromatic carbocycles. The lowest BCUT2D eigenvalue weighted by molar-refractivity contribution is -0.138. The van der Waals surface area contributed by atoms with Crippen molar-refractivity contribution in [3.63, 3.8) is 0 Å². The average molecular weight is 463 g/mol. The van der Waals surface area contributed by atoms with Gasteiger partial charge in [0, 0.05) is 31.7 Å². The van der Waals surface area contributed by atoms with E-state index < -0.39 is 6.10 Å². The molecule has 1 fully saturated rings. The van der Waals surface area contributed by atoms with Gasteiger partial charge in [-0.3, -0.25) is 4.79 Å². The molecule has 0 bridgehead atoms. The van der Waals surface area contributed by atoms with Gasteiger partial charge in [-0.2, -0.15) is 0 Å². The molecule has 0 spiro atoms. The number of aromatic nitrogens is 2. The Morgan fingerprint density at radius 1 is 0.882 bits per heavy atom. The molecule has 1 saturated heterocycles. The van der Waals surface area contributed by atoms with Gasteiger partial charge in [0.1, 0.15) is 17.2 Å². The largest absolute Gasteiger partial charge is 0.497 e. The third kappa shape index (κ3) is 5.57. The Morgan fingerprint density at radius 2 is 1.53 bits per heavy atom. The van der Waals surface area contributed by atoms with E-state index in [1.54, 1.807) is 14.0 Å². The second-order valence-corrected chi connectivity index (χ2v) is 7.98. The summed E-state index contributed by atoms with van der Waals surface area (Å²) in [6, 6.07) is 19.0. The number of methoxy groups -OCH3 is 1. The van der Waals surface area contributed by atoms with Crippen LogP contribution in [0.5, 0.6) is 17.2 Å². The van der Waals surface area contributed by atoms with E-state index in [9.17, 15) is 4.79 Å². The van der Waals surface area contributed by atoms with Gasteiger partial charge in [0.05, 0.1) is 19.4 Å². The van der Waals surface area contributed by atoms with Gasteiger partial charge in [-0.1, -0.05) is 0 Å². The number of carbonyl (C=O) groups excluding carboxylic acids is 1. The van der Waals surface area contributed by atoms with Crippen LogP contribution in [0.2, 0.25) is 0 Å². The molecule has 34 heavy (non-hydrogen) atoms. The highest BCUT2D eigenvalue weighted by Crippen LogP contribution is 2.23. The summed E-state index contributed by atoms with van der Waals surface area (Å²) in [5, 5.41) is 8.79. The van der Waals surface area contributed by atoms with Crippen LogP contribution in [0.25, 0.3) is 11.3 Å². The van der Waals surface area contributed by atoms with Crippen molar-refractivity contribution in [3.05, 3.63) is 60.7 Å². The van der Waals surface area contributed by atoms with Crippen molar-refractivity contribution < 1.29 is 19.0 Å². The first-order valence-corrected chi connectivity index (χ1v) is 11.5. The normalized spacial score (nSPS) is 14.4. The number of nitrogens with zero attached hydrogens (tertiary/aromatic N) is 4. The molecule has 1 atom stereocenters. The molecule has 0 saturated carbocycles. The highest BCUT2D eigenvalue weighted by molar-refractivity contribution is 5.81. The summed E-state index contributed by atoms with van der Waals surface area (Å²) in [5.74, 6) is 3.03. The number of benzene rings is 2. The van der Waals surface area contributed by atoms with Crippen molar-refractivity contribution in [3.8, 4) is 28.5 Å². The highest BCUT2D eigenvalue weighted by Gasteiger charge is 2.26. The lowest BCUT2D eigenvalue weighted by Gasteiger charge is -2.36. The molecular weight excluding hydrogens is 432 g/mol. The minimum absolute atomic E-state index is 0.0190. The van der Waals surface area contributed by atoms with Crippen molar-refractivity contribution >= 4 is 11.7 Å². The van der Waals surface area contributed by atoms with Crippen LogP contribution in [0.15, 0.2) is 60.7 Å². The van der Waals surface area contributed by atoms with Crippen LogP contribution in [0.4, 0.5) is 5.82 Å². The van der Waals surface area contributed by atoms with Gasteiger partial charge in [-0.25, -0.2) is 0 Å². The number of hydrogen-bond donors (Lipinski definition) is 0. The molecule has 3 aromatic rings. The van der Waals surface area contributed by atoms with Crippen molar-refractivity contribution in [1.29, 1.82) is 0 Å². The first kappa shape index (κ1) is 23.4. The molecule has 0 aliphatic carbocycles. The molecule has 0 N–H and O–H groups in total. The molecule has 1 unspecified atom stereocenters. The Labute approximate surface area is 200 Å². The summed E-state index contributed by atoms with van der Waals surface area (Å²) in [7, 11) is 1.65. The molecule has 1 aromatic heterocycles. The first-order chi connectivity index (χ1) is 16.6. The van der Waals surface area contributed by atoms with Crippen molar-refractivity contribution in [2.24, 2.45) is 0 Å². The predicted octanol–water partition coefficient (Wildman–Crippen LogP) is 3.67. The van der Waals surface area contributed by atoms with E-state index in [0.29, 0.717) is 38.5 Å². The van der Waals surface area contributed by atoms with Gasteiger partial charge in [-0.05, 0) is 74.5 Å². The van der Waals surface area contributed by atoms with E-state index in [0.717, 1.165) is 28.6 Å². The van der Waals surface area contributed by atoms with Gasteiger partial charge < -0.3 is 24.0 Å². The van der Waals surface area contributed by atoms with E-state index in [2.05, 4.69) is 15.1 Å². The van der Waals surface area contributed by atoms with Crippen molar-refractivity contribution in [1.82, 2.24) is 15.1 Å². The molecule has 178 valence electrons. The van der Waals surface area contributed by atoms with Crippen molar-refractivity contribution in [2.45, 2.75) is 20.0 Å². The number of amides is 1. The minimum atomic E-state index is -0.562. The third-order valence-electron chi connectivity index (χ3n) is 5.75. The summed E-state index contributed by atoms with van der Waals surface area (Å²) in [6.45, 7) is 6.94. The zero-order valence-corrected chi connectivity index (χ0v) is 19.8. The second-order valence-electron chi connectivity index (χ2n) is 7.98. The topological polar surface area (TPSA) is 77.0 Å². The standard InChI is InChI=1S/C26H30N4O4/c1-4-33-22-9-11-23(12-10-22)34-19(2)26(31)30-17-15-29(16-18-30)25-14-13-24(27-28-25)20-5-7-21(32-3)8-6-20/h5-14,19H,4,15-18H2,1-3H3. The Morgan fingerprint density at radius 3 is 2.12 bits per heavy atom. The molecule has 0 radical (unpaired) electrons. The fourth-order valence-corrected chi connectivity index (χ4v) is 3.86. The number of hydrogen-bond acceptors (Lipinski definition) is 7. The van der Waals surface area contributed by atoms with Gasteiger partial charge in [-0.15, -0.1) is 10.2 Å². The molecule has 8 heteroatoms. The van der Waals surface area contributed by atoms with E-state index in [1.165, 1.54) is 0 Å². The van der Waals surface area contributed by atoms with Crippen LogP contribution < -0.4 is 19.1 Å². The smallest absolute Gasteiger partial charge is 0.263 e. The maximum absolute atomic E-state index is 12.9. The Balaban J connectivity index is 1.29. The molecule has 1 aliphatic rings. The average Bonchev–Trinajstić information content (AvgIpc) is 2.90. The SMILES string of the molecule is CCOc1ccc(OC(C)C(=O)N2CCN(c3ccc(-c4ccc(OC)cc4)nn3)CC2)cc1. The van der Waals surface area contributed by atoms with Crippen LogP contribution >= 0.6 is 0 Å². The molecule has 2 heterocycles. The molecule has 1 amide bonds. The first-order valence-electron chi connectivity index (χ1n) is 11.5. The summed E-state index contributed by atoms with van der Waals surface area (Å²) in [4.78, 5) is 16.9. The quantitative estimate of drug-likeness (QED) is 0.506. The predicted molar refractivity (Wildman–Crippen MR) is 131 cm³/mol. The zero-order chi connectivity index (χ0) is 23.9. The lowest BCUT2D eigenvalue weighted by Crippen LogP contribution is -2.52. The van der Waals surface area contributed by atoms with Crippen LogP contribution in [0, 0.1) is 0 Å². The number of carbonyl (C=O) groups is 1. The van der Waals surface area contributed by atoms with Gasteiger partial charge in [0.25, 0.3) is 5.91 Å². The zero-order valence-electron chi connectivity index (χ0n) is 19.8. The van der Waals surface area contributed by atoms with E-state index in [-0.39, 0.29) is 5.91 Å². The second kappa shape index (κ2) is 10.9. The molecule has 1 aliphatic heterocycles. The van der Waals surface area contributed by atoms with Gasteiger partial charge >= 0.3 is 0 Å². The highest BCUT2D eigenvalue weighted by atomic mass is 16.5. The Kier molecular flexibility index (Phi) is 7.47. The molecule has 8 nitrogen and oxygen atoms in total. The molecule has 4 rings (SSSR count). The van der Waals surface area contributed by atoms with E-state index in [1.807, 2.05) is 72.5 Å². The fraction of sp³-hybridized carbons (Fsp3) is 0.346. The number of piperazine rings is 1. The summed E-state index contributed by atoms with van der Waals surface area (Å²) >= 11 is 0. The van der Waals surface area contributed by atoms with Crippen LogP contribution in [-0.2, 0) is 4.79 Å². The maximum atomic E-state index is 12.9. The van der Waals surface area contributed by atoms with E-state index >= 15 is 0 Å². The third-order valence-corrected chi connectivity index (χ3v) is 5.75. The van der Waals surface area contributed by atoms with Crippen LogP contribution in [-0.4, -0.2) is 67.0 Å². The van der Waals surface area contributed by atoms with Crippen molar-refractivity contribution in [2.75, 3.05) is 44.8 Å². The Bertz CT molecular complexity index is 1060. The molecular formula is C26H30N4O4. The minimum Gasteiger partial charge on any atom is -0.497 e. The lowest BCUT2D eigenvalue weighted by atomic mass is 10.1. The number of ether oxygens (including phenoxy) is 3. The Hall–Kier alpha value is -3.81. The summed E-state index contributed by atoms with van der Waals surface area (Å²) in [5.41, 5.74) is 1.79. The maximum Gasteiger partial charge on any atom is 0.263 e.